The molecule has 8 heteroatoms. The molecule has 5 rings (SSSR count). The van der Waals surface area contributed by atoms with Crippen LogP contribution in [0.15, 0.2) is 36.4 Å². The smallest absolute Gasteiger partial charge is 0.251 e. The Morgan fingerprint density at radius 2 is 1.82 bits per heavy atom. The van der Waals surface area contributed by atoms with Gasteiger partial charge in [-0.25, -0.2) is 4.98 Å². The second-order valence-corrected chi connectivity index (χ2v) is 12.4. The number of likely N-dealkylation sites (tertiary alicyclic amines) is 1. The highest BCUT2D eigenvalue weighted by Crippen LogP contribution is 2.36. The van der Waals surface area contributed by atoms with Crippen molar-refractivity contribution >= 4 is 34.4 Å². The molecule has 1 aromatic heterocycles. The Balaban J connectivity index is 1.25. The Morgan fingerprint density at radius 1 is 1.02 bits per heavy atom. The number of fused-ring (bicyclic) bond motifs is 1. The molecule has 2 N–H and O–H groups in total. The van der Waals surface area contributed by atoms with Gasteiger partial charge in [0.2, 0.25) is 5.91 Å². The molecule has 40 heavy (non-hydrogen) atoms. The van der Waals surface area contributed by atoms with Gasteiger partial charge in [-0.2, -0.15) is 0 Å². The van der Waals surface area contributed by atoms with Crippen LogP contribution in [0.3, 0.4) is 0 Å². The number of carbonyl (C=O) groups excluding carboxylic acids is 2. The molecule has 1 saturated heterocycles. The van der Waals surface area contributed by atoms with Gasteiger partial charge < -0.3 is 20.1 Å². The summed E-state index contributed by atoms with van der Waals surface area (Å²) in [7, 11) is 4.12. The minimum atomic E-state index is -0.261. The molecule has 1 saturated carbocycles. The van der Waals surface area contributed by atoms with Crippen molar-refractivity contribution in [3.8, 4) is 0 Å². The van der Waals surface area contributed by atoms with Crippen LogP contribution in [-0.2, 0) is 24.8 Å². The van der Waals surface area contributed by atoms with Crippen molar-refractivity contribution in [2.24, 2.45) is 12.5 Å². The van der Waals surface area contributed by atoms with Crippen LogP contribution in [0.1, 0.15) is 85.6 Å². The van der Waals surface area contributed by atoms with Gasteiger partial charge in [-0.3, -0.25) is 9.59 Å². The van der Waals surface area contributed by atoms with Crippen molar-refractivity contribution in [2.75, 3.05) is 20.1 Å². The highest BCUT2D eigenvalue weighted by atomic mass is 35.5. The van der Waals surface area contributed by atoms with E-state index >= 15 is 0 Å². The summed E-state index contributed by atoms with van der Waals surface area (Å²) < 4.78 is 2.06. The van der Waals surface area contributed by atoms with Crippen LogP contribution in [0.4, 0.5) is 0 Å². The van der Waals surface area contributed by atoms with Crippen LogP contribution in [-0.4, -0.2) is 52.4 Å². The average molecular weight is 564 g/mol. The van der Waals surface area contributed by atoms with Gasteiger partial charge in [-0.1, -0.05) is 56.3 Å². The molecule has 0 radical (unpaired) electrons. The predicted molar refractivity (Wildman–Crippen MR) is 161 cm³/mol. The number of hydrogen-bond acceptors (Lipinski definition) is 4. The van der Waals surface area contributed by atoms with Crippen molar-refractivity contribution in [1.29, 1.82) is 0 Å². The maximum Gasteiger partial charge on any atom is 0.251 e. The number of nitrogens with one attached hydrogen (secondary N) is 2. The summed E-state index contributed by atoms with van der Waals surface area (Å²) in [5, 5.41) is 6.95. The quantitative estimate of drug-likeness (QED) is 0.373. The third kappa shape index (κ3) is 6.36. The summed E-state index contributed by atoms with van der Waals surface area (Å²) in [4.78, 5) is 33.0. The van der Waals surface area contributed by atoms with Gasteiger partial charge in [-0.15, -0.1) is 0 Å². The fourth-order valence-corrected chi connectivity index (χ4v) is 6.45. The number of carbonyl (C=O) groups is 2. The number of aromatic nitrogens is 2. The van der Waals surface area contributed by atoms with Crippen LogP contribution in [0.25, 0.3) is 11.0 Å². The van der Waals surface area contributed by atoms with Crippen molar-refractivity contribution in [3.05, 3.63) is 63.9 Å². The molecule has 1 aliphatic carbocycles. The van der Waals surface area contributed by atoms with E-state index in [1.165, 1.54) is 19.3 Å². The first-order valence-electron chi connectivity index (χ1n) is 14.7. The average Bonchev–Trinajstić information content (AvgIpc) is 3.27. The normalized spacial score (nSPS) is 19.4. The molecule has 2 aliphatic rings. The molecule has 1 atom stereocenters. The lowest BCUT2D eigenvalue weighted by Crippen LogP contribution is -2.44. The lowest BCUT2D eigenvalue weighted by Gasteiger charge is -2.32. The number of halogens is 1. The first-order valence-corrected chi connectivity index (χ1v) is 15.1. The van der Waals surface area contributed by atoms with Crippen LogP contribution in [0, 0.1) is 5.41 Å². The number of nitrogens with zero attached hydrogens (tertiary/aromatic N) is 3. The second-order valence-electron chi connectivity index (χ2n) is 12.0. The number of imidazole rings is 1. The largest absolute Gasteiger partial charge is 0.352 e. The Bertz CT molecular complexity index is 1380. The number of piperidine rings is 1. The van der Waals surface area contributed by atoms with Gasteiger partial charge in [0.15, 0.2) is 0 Å². The van der Waals surface area contributed by atoms with E-state index in [0.717, 1.165) is 66.6 Å². The zero-order chi connectivity index (χ0) is 28.3. The monoisotopic (exact) mass is 563 g/mol. The number of amides is 2. The molecular weight excluding hydrogens is 522 g/mol. The topological polar surface area (TPSA) is 79.3 Å². The Kier molecular flexibility index (Phi) is 8.81. The van der Waals surface area contributed by atoms with E-state index in [-0.39, 0.29) is 17.2 Å². The van der Waals surface area contributed by atoms with E-state index in [9.17, 15) is 9.59 Å². The molecule has 2 aromatic carbocycles. The summed E-state index contributed by atoms with van der Waals surface area (Å²) in [6.45, 7) is 4.32. The third-order valence-electron chi connectivity index (χ3n) is 9.07. The lowest BCUT2D eigenvalue weighted by molar-refractivity contribution is -0.132. The van der Waals surface area contributed by atoms with E-state index in [0.29, 0.717) is 36.1 Å². The Morgan fingerprint density at radius 3 is 2.60 bits per heavy atom. The summed E-state index contributed by atoms with van der Waals surface area (Å²) >= 11 is 6.60. The van der Waals surface area contributed by atoms with Crippen molar-refractivity contribution in [1.82, 2.24) is 25.1 Å². The highest BCUT2D eigenvalue weighted by molar-refractivity contribution is 6.31. The van der Waals surface area contributed by atoms with Gasteiger partial charge in [0, 0.05) is 48.6 Å². The molecule has 2 amide bonds. The van der Waals surface area contributed by atoms with Crippen LogP contribution in [0.5, 0.6) is 0 Å². The van der Waals surface area contributed by atoms with E-state index in [1.807, 2.05) is 37.4 Å². The van der Waals surface area contributed by atoms with E-state index in [1.54, 1.807) is 0 Å². The second kappa shape index (κ2) is 12.3. The molecular formula is C32H42ClN5O2. The Labute approximate surface area is 242 Å². The summed E-state index contributed by atoms with van der Waals surface area (Å²) in [5.41, 5.74) is 4.11. The predicted octanol–water partition coefficient (Wildman–Crippen LogP) is 5.62. The minimum absolute atomic E-state index is 0.0621. The molecule has 3 aromatic rings. The third-order valence-corrected chi connectivity index (χ3v) is 9.44. The number of benzene rings is 2. The highest BCUT2D eigenvalue weighted by Gasteiger charge is 2.34. The summed E-state index contributed by atoms with van der Waals surface area (Å²) in [5.74, 6) is 0.951. The van der Waals surface area contributed by atoms with Crippen molar-refractivity contribution < 1.29 is 9.59 Å². The standard InChI is InChI=1S/C32H42ClN5O2/c1-32(14-6-4-7-15-32)31(40)35-20-22-10-12-26(33)24(17-22)19-29-36-27-18-23(11-13-28(27)38(29)3)30(39)34-21-25-9-5-8-16-37(25)2/h10-13,17-18,25H,4-9,14-16,19-21H2,1-3H3,(H,34,39)(H,35,40). The minimum Gasteiger partial charge on any atom is -0.352 e. The molecule has 7 nitrogen and oxygen atoms in total. The molecule has 0 bridgehead atoms. The first-order chi connectivity index (χ1) is 19.2. The van der Waals surface area contributed by atoms with Gasteiger partial charge >= 0.3 is 0 Å². The van der Waals surface area contributed by atoms with Gasteiger partial charge in [0.1, 0.15) is 5.82 Å². The molecule has 2 heterocycles. The fraction of sp³-hybridized carbons (Fsp3) is 0.531. The molecule has 214 valence electrons. The number of hydrogen-bond donors (Lipinski definition) is 2. The maximum absolute atomic E-state index is 12.9. The molecule has 1 unspecified atom stereocenters. The van der Waals surface area contributed by atoms with E-state index < -0.39 is 0 Å². The van der Waals surface area contributed by atoms with Gasteiger partial charge in [0.05, 0.1) is 11.0 Å². The lowest BCUT2D eigenvalue weighted by atomic mass is 9.75. The zero-order valence-electron chi connectivity index (χ0n) is 24.1. The molecule has 0 spiro atoms. The first kappa shape index (κ1) is 28.6. The number of rotatable bonds is 8. The van der Waals surface area contributed by atoms with E-state index in [4.69, 9.17) is 16.6 Å². The number of aryl methyl sites for hydroxylation is 1. The summed E-state index contributed by atoms with van der Waals surface area (Å²) in [6, 6.07) is 12.0. The molecule has 1 aliphatic heterocycles. The van der Waals surface area contributed by atoms with E-state index in [2.05, 4.69) is 40.1 Å². The number of likely N-dealkylation sites (N-methyl/N-ethyl adjacent to an activating group) is 1. The van der Waals surface area contributed by atoms with Crippen LogP contribution < -0.4 is 10.6 Å². The van der Waals surface area contributed by atoms with Crippen molar-refractivity contribution in [3.63, 3.8) is 0 Å². The maximum atomic E-state index is 12.9. The van der Waals surface area contributed by atoms with Crippen LogP contribution in [0.2, 0.25) is 5.02 Å². The summed E-state index contributed by atoms with van der Waals surface area (Å²) in [6.07, 6.45) is 9.50. The SMILES string of the molecule is CN1CCCCC1CNC(=O)c1ccc2c(c1)nc(Cc1cc(CNC(=O)C3(C)CCCCC3)ccc1Cl)n2C. The molecule has 2 fully saturated rings. The van der Waals surface area contributed by atoms with Gasteiger partial charge in [0.25, 0.3) is 5.91 Å². The zero-order valence-corrected chi connectivity index (χ0v) is 24.8. The fourth-order valence-electron chi connectivity index (χ4n) is 6.26. The Hall–Kier alpha value is -2.90. The van der Waals surface area contributed by atoms with Crippen molar-refractivity contribution in [2.45, 2.75) is 77.3 Å². The van der Waals surface area contributed by atoms with Crippen LogP contribution >= 0.6 is 11.6 Å². The van der Waals surface area contributed by atoms with Gasteiger partial charge in [-0.05, 0) is 74.7 Å².